The molecule has 2 aromatic rings. The van der Waals surface area contributed by atoms with Crippen LogP contribution in [0.1, 0.15) is 54.4 Å². The summed E-state index contributed by atoms with van der Waals surface area (Å²) < 4.78 is 1.46. The van der Waals surface area contributed by atoms with Gasteiger partial charge in [-0.1, -0.05) is 12.1 Å². The van der Waals surface area contributed by atoms with Gasteiger partial charge in [-0.15, -0.1) is 0 Å². The highest BCUT2D eigenvalue weighted by molar-refractivity contribution is 6.04. The fraction of sp³-hybridized carbons (Fsp3) is 0.478. The molecule has 1 amide bonds. The molecule has 0 atom stereocenters. The lowest BCUT2D eigenvalue weighted by Gasteiger charge is -2.57. The van der Waals surface area contributed by atoms with E-state index in [-0.39, 0.29) is 11.5 Å². The first-order valence-corrected chi connectivity index (χ1v) is 10.1. The molecule has 140 valence electrons. The lowest BCUT2D eigenvalue weighted by atomic mass is 9.48. The summed E-state index contributed by atoms with van der Waals surface area (Å²) in [5, 5.41) is 2.92. The van der Waals surface area contributed by atoms with Crippen molar-refractivity contribution in [3.8, 4) is 0 Å². The summed E-state index contributed by atoms with van der Waals surface area (Å²) >= 11 is 0. The molecule has 0 spiro atoms. The fourth-order valence-corrected chi connectivity index (χ4v) is 6.26. The van der Waals surface area contributed by atoms with E-state index in [0.29, 0.717) is 11.0 Å². The van der Waals surface area contributed by atoms with Gasteiger partial charge in [0.1, 0.15) is 0 Å². The molecule has 6 rings (SSSR count). The second kappa shape index (κ2) is 6.08. The average molecular weight is 362 g/mol. The molecule has 0 aliphatic heterocycles. The van der Waals surface area contributed by atoms with E-state index >= 15 is 0 Å². The number of carbonyl (C=O) groups is 1. The molecule has 4 bridgehead atoms. The van der Waals surface area contributed by atoms with Gasteiger partial charge in [-0.25, -0.2) is 0 Å². The number of benzene rings is 1. The summed E-state index contributed by atoms with van der Waals surface area (Å²) in [6.45, 7) is 0. The van der Waals surface area contributed by atoms with Crippen molar-refractivity contribution in [2.24, 2.45) is 24.8 Å². The van der Waals surface area contributed by atoms with Crippen LogP contribution in [0.2, 0.25) is 0 Å². The number of hydrogen-bond donors (Lipinski definition) is 1. The first kappa shape index (κ1) is 16.8. The fourth-order valence-electron chi connectivity index (χ4n) is 6.26. The minimum absolute atomic E-state index is 0.181. The summed E-state index contributed by atoms with van der Waals surface area (Å²) in [6.07, 6.45) is 10.00. The number of anilines is 1. The van der Waals surface area contributed by atoms with Gasteiger partial charge < -0.3 is 9.88 Å². The Morgan fingerprint density at radius 1 is 1.00 bits per heavy atom. The highest BCUT2D eigenvalue weighted by atomic mass is 16.2. The van der Waals surface area contributed by atoms with Gasteiger partial charge in [-0.3, -0.25) is 9.59 Å². The molecule has 1 heterocycles. The van der Waals surface area contributed by atoms with E-state index in [2.05, 4.69) is 17.4 Å². The molecule has 4 saturated carbocycles. The number of amides is 1. The largest absolute Gasteiger partial charge is 0.322 e. The van der Waals surface area contributed by atoms with E-state index in [0.717, 1.165) is 23.4 Å². The lowest BCUT2D eigenvalue weighted by Crippen LogP contribution is -2.48. The third-order valence-electron chi connectivity index (χ3n) is 7.16. The van der Waals surface area contributed by atoms with Gasteiger partial charge in [-0.05, 0) is 85.5 Å². The number of nitrogens with zero attached hydrogens (tertiary/aromatic N) is 1. The second-order valence-electron chi connectivity index (χ2n) is 9.09. The van der Waals surface area contributed by atoms with Gasteiger partial charge in [0.05, 0.1) is 0 Å². The molecule has 4 aliphatic rings. The topological polar surface area (TPSA) is 51.1 Å². The number of nitrogens with one attached hydrogen (secondary N) is 1. The molecule has 0 unspecified atom stereocenters. The highest BCUT2D eigenvalue weighted by Crippen LogP contribution is 2.60. The van der Waals surface area contributed by atoms with Crippen LogP contribution in [-0.4, -0.2) is 10.5 Å². The average Bonchev–Trinajstić information content (AvgIpc) is 2.63. The number of carbonyl (C=O) groups excluding carboxylic acids is 1. The van der Waals surface area contributed by atoms with Crippen LogP contribution in [0, 0.1) is 17.8 Å². The van der Waals surface area contributed by atoms with E-state index < -0.39 is 0 Å². The maximum atomic E-state index is 12.4. The van der Waals surface area contributed by atoms with Crippen LogP contribution in [-0.2, 0) is 12.5 Å². The molecule has 4 aliphatic carbocycles. The van der Waals surface area contributed by atoms with Gasteiger partial charge in [0, 0.05) is 30.6 Å². The van der Waals surface area contributed by atoms with Crippen LogP contribution in [0.4, 0.5) is 5.69 Å². The van der Waals surface area contributed by atoms with E-state index in [1.54, 1.807) is 19.3 Å². The maximum Gasteiger partial charge on any atom is 0.255 e. The van der Waals surface area contributed by atoms with Crippen molar-refractivity contribution in [3.05, 3.63) is 64.1 Å². The number of rotatable bonds is 3. The van der Waals surface area contributed by atoms with Crippen molar-refractivity contribution in [3.63, 3.8) is 0 Å². The third-order valence-corrected chi connectivity index (χ3v) is 7.16. The van der Waals surface area contributed by atoms with Crippen molar-refractivity contribution in [1.82, 2.24) is 4.57 Å². The van der Waals surface area contributed by atoms with E-state index in [4.69, 9.17) is 0 Å². The number of pyridine rings is 1. The molecule has 4 fully saturated rings. The Bertz CT molecular complexity index is 906. The SMILES string of the molecule is Cn1ccc(C(=O)Nc2ccc(C34CC5CC(CC(C5)C3)C4)cc2)cc1=O. The Hall–Kier alpha value is -2.36. The second-order valence-corrected chi connectivity index (χ2v) is 9.09. The normalized spacial score (nSPS) is 31.1. The van der Waals surface area contributed by atoms with E-state index in [1.165, 1.54) is 54.7 Å². The van der Waals surface area contributed by atoms with Gasteiger partial charge in [0.15, 0.2) is 0 Å². The molecular weight excluding hydrogens is 336 g/mol. The van der Waals surface area contributed by atoms with Gasteiger partial charge >= 0.3 is 0 Å². The number of aryl methyl sites for hydroxylation is 1. The molecule has 0 radical (unpaired) electrons. The molecule has 0 saturated heterocycles. The Morgan fingerprint density at radius 3 is 2.15 bits per heavy atom. The van der Waals surface area contributed by atoms with Crippen LogP contribution < -0.4 is 10.9 Å². The van der Waals surface area contributed by atoms with Crippen molar-refractivity contribution in [2.45, 2.75) is 43.9 Å². The molecule has 27 heavy (non-hydrogen) atoms. The first-order chi connectivity index (χ1) is 13.0. The van der Waals surface area contributed by atoms with Crippen LogP contribution in [0.5, 0.6) is 0 Å². The lowest BCUT2D eigenvalue weighted by molar-refractivity contribution is -0.00518. The van der Waals surface area contributed by atoms with Crippen LogP contribution in [0.15, 0.2) is 47.4 Å². The summed E-state index contributed by atoms with van der Waals surface area (Å²) in [4.78, 5) is 24.2. The zero-order chi connectivity index (χ0) is 18.6. The first-order valence-electron chi connectivity index (χ1n) is 10.1. The highest BCUT2D eigenvalue weighted by Gasteiger charge is 2.51. The number of aromatic nitrogens is 1. The molecule has 1 N–H and O–H groups in total. The van der Waals surface area contributed by atoms with E-state index in [9.17, 15) is 9.59 Å². The number of hydrogen-bond acceptors (Lipinski definition) is 2. The monoisotopic (exact) mass is 362 g/mol. The molecule has 4 nitrogen and oxygen atoms in total. The Balaban J connectivity index is 1.34. The predicted octanol–water partition coefficient (Wildman–Crippen LogP) is 4.11. The smallest absolute Gasteiger partial charge is 0.255 e. The van der Waals surface area contributed by atoms with Gasteiger partial charge in [-0.2, -0.15) is 0 Å². The molecule has 4 heteroatoms. The summed E-state index contributed by atoms with van der Waals surface area (Å²) in [6, 6.07) is 11.5. The van der Waals surface area contributed by atoms with Crippen molar-refractivity contribution in [2.75, 3.05) is 5.32 Å². The zero-order valence-corrected chi connectivity index (χ0v) is 15.8. The van der Waals surface area contributed by atoms with Crippen molar-refractivity contribution < 1.29 is 4.79 Å². The summed E-state index contributed by atoms with van der Waals surface area (Å²) in [5.74, 6) is 2.54. The van der Waals surface area contributed by atoms with Crippen LogP contribution in [0.25, 0.3) is 0 Å². The van der Waals surface area contributed by atoms with Crippen molar-refractivity contribution >= 4 is 11.6 Å². The third kappa shape index (κ3) is 2.91. The van der Waals surface area contributed by atoms with Crippen LogP contribution >= 0.6 is 0 Å². The van der Waals surface area contributed by atoms with Gasteiger partial charge in [0.2, 0.25) is 0 Å². The Morgan fingerprint density at radius 2 is 1.59 bits per heavy atom. The predicted molar refractivity (Wildman–Crippen MR) is 106 cm³/mol. The molecule has 1 aromatic carbocycles. The van der Waals surface area contributed by atoms with Crippen LogP contribution in [0.3, 0.4) is 0 Å². The minimum atomic E-state index is -0.241. The Kier molecular flexibility index (Phi) is 3.78. The Labute approximate surface area is 159 Å². The zero-order valence-electron chi connectivity index (χ0n) is 15.8. The van der Waals surface area contributed by atoms with E-state index in [1.807, 2.05) is 12.1 Å². The summed E-state index contributed by atoms with van der Waals surface area (Å²) in [5.41, 5.74) is 2.83. The summed E-state index contributed by atoms with van der Waals surface area (Å²) in [7, 11) is 1.67. The standard InChI is InChI=1S/C23H26N2O2/c1-25-7-6-18(11-21(25)26)22(27)24-20-4-2-19(3-5-20)23-12-15-8-16(13-23)10-17(9-15)14-23/h2-7,11,15-17H,8-10,12-14H2,1H3,(H,24,27). The molecule has 1 aromatic heterocycles. The minimum Gasteiger partial charge on any atom is -0.322 e. The maximum absolute atomic E-state index is 12.4. The quantitative estimate of drug-likeness (QED) is 0.893. The molecular formula is C23H26N2O2. The van der Waals surface area contributed by atoms with Gasteiger partial charge in [0.25, 0.3) is 11.5 Å². The van der Waals surface area contributed by atoms with Crippen molar-refractivity contribution in [1.29, 1.82) is 0 Å².